The third kappa shape index (κ3) is 4.46. The number of hydrogen-bond acceptors (Lipinski definition) is 3. The molecule has 1 aromatic carbocycles. The lowest BCUT2D eigenvalue weighted by molar-refractivity contribution is 0.0702. The molecule has 5 nitrogen and oxygen atoms in total. The van der Waals surface area contributed by atoms with Crippen molar-refractivity contribution < 1.29 is 4.79 Å². The number of carbonyl (C=O) groups is 1. The van der Waals surface area contributed by atoms with E-state index in [-0.39, 0.29) is 17.4 Å². The molecule has 0 spiro atoms. The van der Waals surface area contributed by atoms with Gasteiger partial charge in [0.05, 0.1) is 0 Å². The van der Waals surface area contributed by atoms with Crippen molar-refractivity contribution in [2.24, 2.45) is 7.05 Å². The van der Waals surface area contributed by atoms with Gasteiger partial charge in [-0.15, -0.1) is 0 Å². The van der Waals surface area contributed by atoms with Crippen molar-refractivity contribution in [2.75, 3.05) is 13.1 Å². The number of piperidine rings is 1. The molecule has 0 saturated carbocycles. The third-order valence-corrected chi connectivity index (χ3v) is 6.31. The number of pyridine rings is 2. The number of hydrogen-bond donors (Lipinski definition) is 0. The molecular weight excluding hydrogens is 386 g/mol. The van der Waals surface area contributed by atoms with Gasteiger partial charge in [0.2, 0.25) is 0 Å². The summed E-state index contributed by atoms with van der Waals surface area (Å²) in [7, 11) is 1.72. The van der Waals surface area contributed by atoms with E-state index in [1.165, 1.54) is 11.1 Å². The summed E-state index contributed by atoms with van der Waals surface area (Å²) >= 11 is 0. The molecule has 2 aromatic heterocycles. The largest absolute Gasteiger partial charge is 0.338 e. The first-order valence-electron chi connectivity index (χ1n) is 10.9. The van der Waals surface area contributed by atoms with Gasteiger partial charge in [0, 0.05) is 43.6 Å². The van der Waals surface area contributed by atoms with E-state index in [4.69, 9.17) is 4.98 Å². The van der Waals surface area contributed by atoms with Gasteiger partial charge in [-0.25, -0.2) is 0 Å². The van der Waals surface area contributed by atoms with E-state index in [1.807, 2.05) is 49.2 Å². The Balaban J connectivity index is 1.49. The maximum atomic E-state index is 13.2. The van der Waals surface area contributed by atoms with Crippen molar-refractivity contribution >= 4 is 5.91 Å². The number of aromatic nitrogens is 2. The first-order chi connectivity index (χ1) is 14.9. The summed E-state index contributed by atoms with van der Waals surface area (Å²) in [6.45, 7) is 5.00. The maximum absolute atomic E-state index is 13.2. The summed E-state index contributed by atoms with van der Waals surface area (Å²) in [6, 6.07) is 16.5. The molecule has 3 aromatic rings. The third-order valence-electron chi connectivity index (χ3n) is 6.31. The van der Waals surface area contributed by atoms with Gasteiger partial charge in [0.1, 0.15) is 5.56 Å². The highest BCUT2D eigenvalue weighted by Crippen LogP contribution is 2.27. The Labute approximate surface area is 183 Å². The van der Waals surface area contributed by atoms with Crippen molar-refractivity contribution in [3.8, 4) is 0 Å². The Morgan fingerprint density at radius 1 is 1.10 bits per heavy atom. The van der Waals surface area contributed by atoms with Crippen LogP contribution in [0.15, 0.2) is 59.5 Å². The molecule has 0 aliphatic carbocycles. The lowest BCUT2D eigenvalue weighted by Gasteiger charge is -2.33. The van der Waals surface area contributed by atoms with Crippen LogP contribution in [0, 0.1) is 13.8 Å². The second kappa shape index (κ2) is 8.88. The molecule has 0 unspecified atom stereocenters. The topological polar surface area (TPSA) is 55.2 Å². The van der Waals surface area contributed by atoms with E-state index in [0.717, 1.165) is 36.2 Å². The van der Waals surface area contributed by atoms with Crippen LogP contribution in [0.5, 0.6) is 0 Å². The lowest BCUT2D eigenvalue weighted by Crippen LogP contribution is -2.42. The molecule has 1 aliphatic heterocycles. The summed E-state index contributed by atoms with van der Waals surface area (Å²) in [5.41, 5.74) is 5.14. The van der Waals surface area contributed by atoms with Crippen molar-refractivity contribution in [1.82, 2.24) is 14.5 Å². The molecule has 1 amide bonds. The molecule has 0 radical (unpaired) electrons. The number of likely N-dealkylation sites (tertiary alicyclic amines) is 1. The van der Waals surface area contributed by atoms with Crippen molar-refractivity contribution in [3.05, 3.63) is 98.7 Å². The zero-order valence-corrected chi connectivity index (χ0v) is 18.5. The van der Waals surface area contributed by atoms with E-state index in [0.29, 0.717) is 18.7 Å². The number of nitrogens with zero attached hydrogens (tertiary/aromatic N) is 3. The van der Waals surface area contributed by atoms with E-state index >= 15 is 0 Å². The van der Waals surface area contributed by atoms with Crippen molar-refractivity contribution in [1.29, 1.82) is 0 Å². The van der Waals surface area contributed by atoms with Crippen molar-refractivity contribution in [3.63, 3.8) is 0 Å². The zero-order valence-electron chi connectivity index (χ0n) is 18.5. The standard InChI is InChI=1S/C26H29N3O2/c1-18-14-19(2)28(3)25(30)24(18)26(31)29-13-7-10-22(17-29)23-12-11-21(16-27-23)15-20-8-5-4-6-9-20/h4-6,8-9,11-12,14,16,22H,7,10,13,15,17H2,1-3H3/t22-/m0/s1. The quantitative estimate of drug-likeness (QED) is 0.647. The second-order valence-electron chi connectivity index (χ2n) is 8.55. The van der Waals surface area contributed by atoms with Gasteiger partial charge in [-0.2, -0.15) is 0 Å². The van der Waals surface area contributed by atoms with Gasteiger partial charge in [-0.1, -0.05) is 36.4 Å². The number of rotatable bonds is 4. The summed E-state index contributed by atoms with van der Waals surface area (Å²) in [6.07, 6.45) is 4.72. The van der Waals surface area contributed by atoms with Crippen LogP contribution in [0.25, 0.3) is 0 Å². The summed E-state index contributed by atoms with van der Waals surface area (Å²) < 4.78 is 1.55. The SMILES string of the molecule is Cc1cc(C)n(C)c(=O)c1C(=O)N1CCC[C@H](c2ccc(Cc3ccccc3)cn2)C1. The van der Waals surface area contributed by atoms with Crippen LogP contribution >= 0.6 is 0 Å². The number of aryl methyl sites for hydroxylation is 2. The Morgan fingerprint density at radius 3 is 2.58 bits per heavy atom. The molecule has 160 valence electrons. The van der Waals surface area contributed by atoms with Crippen LogP contribution in [0.1, 0.15) is 57.2 Å². The highest BCUT2D eigenvalue weighted by atomic mass is 16.2. The van der Waals surface area contributed by atoms with Crippen LogP contribution < -0.4 is 5.56 Å². The normalized spacial score (nSPS) is 16.4. The van der Waals surface area contributed by atoms with Gasteiger partial charge >= 0.3 is 0 Å². The fourth-order valence-corrected chi connectivity index (χ4v) is 4.41. The molecule has 1 atom stereocenters. The molecule has 0 bridgehead atoms. The Morgan fingerprint density at radius 2 is 1.87 bits per heavy atom. The van der Waals surface area contributed by atoms with E-state index < -0.39 is 0 Å². The minimum Gasteiger partial charge on any atom is -0.338 e. The van der Waals surface area contributed by atoms with Gasteiger partial charge < -0.3 is 9.47 Å². The first kappa shape index (κ1) is 21.0. The van der Waals surface area contributed by atoms with E-state index in [2.05, 4.69) is 24.3 Å². The molecule has 1 saturated heterocycles. The Hall–Kier alpha value is -3.21. The van der Waals surface area contributed by atoms with E-state index in [1.54, 1.807) is 11.6 Å². The second-order valence-corrected chi connectivity index (χ2v) is 8.55. The molecule has 1 aliphatic rings. The van der Waals surface area contributed by atoms with Crippen LogP contribution in [0.4, 0.5) is 0 Å². The predicted octanol–water partition coefficient (Wildman–Crippen LogP) is 4.01. The van der Waals surface area contributed by atoms with Gasteiger partial charge in [0.25, 0.3) is 11.5 Å². The summed E-state index contributed by atoms with van der Waals surface area (Å²) in [5, 5.41) is 0. The van der Waals surface area contributed by atoms with Gasteiger partial charge in [-0.3, -0.25) is 14.6 Å². The first-order valence-corrected chi connectivity index (χ1v) is 10.9. The van der Waals surface area contributed by atoms with Crippen LogP contribution in [0.3, 0.4) is 0 Å². The highest BCUT2D eigenvalue weighted by molar-refractivity contribution is 5.95. The summed E-state index contributed by atoms with van der Waals surface area (Å²) in [4.78, 5) is 32.5. The molecule has 3 heterocycles. The maximum Gasteiger partial charge on any atom is 0.263 e. The average Bonchev–Trinajstić information content (AvgIpc) is 2.79. The Bertz CT molecular complexity index is 1130. The minimum atomic E-state index is -0.215. The minimum absolute atomic E-state index is 0.163. The average molecular weight is 416 g/mol. The lowest BCUT2D eigenvalue weighted by atomic mass is 9.93. The van der Waals surface area contributed by atoms with Gasteiger partial charge in [0.15, 0.2) is 0 Å². The number of amides is 1. The smallest absolute Gasteiger partial charge is 0.263 e. The fraction of sp³-hybridized carbons (Fsp3) is 0.346. The summed E-state index contributed by atoms with van der Waals surface area (Å²) in [5.74, 6) is 0.0292. The molecule has 0 N–H and O–H groups in total. The van der Waals surface area contributed by atoms with Crippen LogP contribution in [-0.4, -0.2) is 33.4 Å². The molecule has 1 fully saturated rings. The molecule has 31 heavy (non-hydrogen) atoms. The van der Waals surface area contributed by atoms with Crippen LogP contribution in [-0.2, 0) is 13.5 Å². The zero-order chi connectivity index (χ0) is 22.0. The monoisotopic (exact) mass is 415 g/mol. The molecular formula is C26H29N3O2. The Kier molecular flexibility index (Phi) is 6.03. The van der Waals surface area contributed by atoms with E-state index in [9.17, 15) is 9.59 Å². The highest BCUT2D eigenvalue weighted by Gasteiger charge is 2.29. The molecule has 5 heteroatoms. The molecule has 4 rings (SSSR count). The number of benzene rings is 1. The predicted molar refractivity (Wildman–Crippen MR) is 123 cm³/mol. The number of carbonyl (C=O) groups excluding carboxylic acids is 1. The van der Waals surface area contributed by atoms with Crippen LogP contribution in [0.2, 0.25) is 0 Å². The van der Waals surface area contributed by atoms with Crippen molar-refractivity contribution in [2.45, 2.75) is 39.0 Å². The van der Waals surface area contributed by atoms with Gasteiger partial charge in [-0.05, 0) is 61.9 Å². The fourth-order valence-electron chi connectivity index (χ4n) is 4.41.